The molecule has 0 rings (SSSR count). The van der Waals surface area contributed by atoms with Crippen molar-refractivity contribution in [3.05, 3.63) is 6.92 Å². The fourth-order valence-corrected chi connectivity index (χ4v) is 7.18. The quantitative estimate of drug-likeness (QED) is 0.0613. The molecule has 0 saturated carbocycles. The van der Waals surface area contributed by atoms with Crippen LogP contribution in [0, 0.1) is 12.8 Å². The van der Waals surface area contributed by atoms with Gasteiger partial charge in [0.1, 0.15) is 0 Å². The average molecular weight is 604 g/mol. The van der Waals surface area contributed by atoms with E-state index in [1.165, 1.54) is 244 Å². The highest BCUT2D eigenvalue weighted by atomic mass is 14.1. The first-order valence-electron chi connectivity index (χ1n) is 21.1. The highest BCUT2D eigenvalue weighted by Gasteiger charge is 2.08. The predicted octanol–water partition coefficient (Wildman–Crippen LogP) is 16.7. The molecule has 0 aliphatic carbocycles. The smallest absolute Gasteiger partial charge is 0.0414 e. The summed E-state index contributed by atoms with van der Waals surface area (Å²) in [6.07, 6.45) is 57.1. The Kier molecular flexibility index (Phi) is 40.0. The molecule has 1 unspecified atom stereocenters. The molecule has 0 aliphatic heterocycles. The van der Waals surface area contributed by atoms with Gasteiger partial charge in [-0.3, -0.25) is 0 Å². The first-order chi connectivity index (χ1) is 21.3. The van der Waals surface area contributed by atoms with Crippen molar-refractivity contribution in [3.8, 4) is 0 Å². The lowest BCUT2D eigenvalue weighted by Crippen LogP contribution is -2.01. The summed E-state index contributed by atoms with van der Waals surface area (Å²) in [7, 11) is 0. The fraction of sp³-hybridized carbons (Fsp3) is 0.977. The molecule has 0 nitrogen and oxygen atoms in total. The van der Waals surface area contributed by atoms with E-state index in [0.717, 1.165) is 12.3 Å². The van der Waals surface area contributed by atoms with E-state index in [2.05, 4.69) is 20.8 Å². The number of hydrogen-bond acceptors (Lipinski definition) is 0. The van der Waals surface area contributed by atoms with Gasteiger partial charge in [0.25, 0.3) is 0 Å². The zero-order chi connectivity index (χ0) is 31.2. The summed E-state index contributed by atoms with van der Waals surface area (Å²) in [4.78, 5) is 0. The minimum absolute atomic E-state index is 1.01. The largest absolute Gasteiger partial charge is 0.0654 e. The van der Waals surface area contributed by atoms with E-state index >= 15 is 0 Å². The van der Waals surface area contributed by atoms with Crippen LogP contribution < -0.4 is 0 Å². The van der Waals surface area contributed by atoms with Crippen molar-refractivity contribution in [1.82, 2.24) is 0 Å². The topological polar surface area (TPSA) is 0 Å². The molecule has 0 amide bonds. The molecular weight excluding hydrogens is 516 g/mol. The van der Waals surface area contributed by atoms with Crippen LogP contribution in [-0.2, 0) is 0 Å². The minimum Gasteiger partial charge on any atom is -0.0654 e. The second kappa shape index (κ2) is 40.0. The van der Waals surface area contributed by atoms with Crippen molar-refractivity contribution >= 4 is 0 Å². The van der Waals surface area contributed by atoms with Gasteiger partial charge in [-0.05, 0) is 5.92 Å². The Balaban J connectivity index is 3.52. The molecule has 0 N–H and O–H groups in total. The summed E-state index contributed by atoms with van der Waals surface area (Å²) in [6, 6.07) is 0. The lowest BCUT2D eigenvalue weighted by molar-refractivity contribution is 0.368. The van der Waals surface area contributed by atoms with E-state index < -0.39 is 0 Å². The van der Waals surface area contributed by atoms with E-state index in [1.807, 2.05) is 0 Å². The average Bonchev–Trinajstić information content (AvgIpc) is 3.02. The molecule has 0 aromatic carbocycles. The van der Waals surface area contributed by atoms with Gasteiger partial charge < -0.3 is 0 Å². The first kappa shape index (κ1) is 43.0. The number of unbranched alkanes of at least 4 members (excludes halogenated alkanes) is 33. The van der Waals surface area contributed by atoms with Crippen molar-refractivity contribution in [2.75, 3.05) is 0 Å². The zero-order valence-corrected chi connectivity index (χ0v) is 30.9. The number of rotatable bonds is 39. The highest BCUT2D eigenvalue weighted by Crippen LogP contribution is 2.25. The van der Waals surface area contributed by atoms with Crippen LogP contribution in [0.15, 0.2) is 0 Å². The molecule has 1 atom stereocenters. The van der Waals surface area contributed by atoms with Crippen LogP contribution in [0.3, 0.4) is 0 Å². The maximum Gasteiger partial charge on any atom is -0.0414 e. The van der Waals surface area contributed by atoms with Crippen LogP contribution in [0.1, 0.15) is 264 Å². The summed E-state index contributed by atoms with van der Waals surface area (Å²) < 4.78 is 0. The van der Waals surface area contributed by atoms with Gasteiger partial charge in [-0.2, -0.15) is 0 Å². The standard InChI is InChI=1S/C43H87/c1-4-7-10-12-14-16-18-20-22-24-26-28-30-32-34-36-39-42-43(40-37-9-6-3)41-38-35-33-31-29-27-25-23-21-19-17-15-13-11-8-5-2/h43H,3-42H2,1-2H3. The van der Waals surface area contributed by atoms with E-state index in [0.29, 0.717) is 0 Å². The van der Waals surface area contributed by atoms with Crippen LogP contribution in [0.4, 0.5) is 0 Å². The molecule has 0 aliphatic rings. The normalized spacial score (nSPS) is 12.3. The Hall–Kier alpha value is 0. The summed E-state index contributed by atoms with van der Waals surface area (Å²) >= 11 is 0. The SMILES string of the molecule is [CH2]CCCCC(CCCCCCCCCCCCCCCCCC)CCCCCCCCCCCCCCCCCCC. The van der Waals surface area contributed by atoms with Gasteiger partial charge in [-0.25, -0.2) is 0 Å². The van der Waals surface area contributed by atoms with Gasteiger partial charge in [-0.15, -0.1) is 0 Å². The molecule has 0 heterocycles. The first-order valence-corrected chi connectivity index (χ1v) is 21.1. The molecule has 0 spiro atoms. The molecule has 0 heteroatoms. The van der Waals surface area contributed by atoms with Crippen LogP contribution in [-0.4, -0.2) is 0 Å². The second-order valence-electron chi connectivity index (χ2n) is 14.8. The molecule has 0 aromatic rings. The molecule has 43 heavy (non-hydrogen) atoms. The van der Waals surface area contributed by atoms with Crippen molar-refractivity contribution in [1.29, 1.82) is 0 Å². The van der Waals surface area contributed by atoms with Gasteiger partial charge in [0.05, 0.1) is 0 Å². The minimum atomic E-state index is 1.01. The van der Waals surface area contributed by atoms with Crippen molar-refractivity contribution in [2.24, 2.45) is 5.92 Å². The summed E-state index contributed by atoms with van der Waals surface area (Å²) in [5.74, 6) is 1.01. The van der Waals surface area contributed by atoms with E-state index in [-0.39, 0.29) is 0 Å². The van der Waals surface area contributed by atoms with E-state index in [4.69, 9.17) is 0 Å². The van der Waals surface area contributed by atoms with Gasteiger partial charge >= 0.3 is 0 Å². The second-order valence-corrected chi connectivity index (χ2v) is 14.8. The van der Waals surface area contributed by atoms with E-state index in [1.54, 1.807) is 0 Å². The Bertz CT molecular complexity index is 453. The maximum absolute atomic E-state index is 4.08. The Labute approximate surface area is 276 Å². The monoisotopic (exact) mass is 604 g/mol. The third-order valence-corrected chi connectivity index (χ3v) is 10.3. The fourth-order valence-electron chi connectivity index (χ4n) is 7.18. The molecular formula is C43H87. The highest BCUT2D eigenvalue weighted by molar-refractivity contribution is 4.62. The maximum atomic E-state index is 4.08. The molecule has 0 saturated heterocycles. The third kappa shape index (κ3) is 38.1. The van der Waals surface area contributed by atoms with Gasteiger partial charge in [0.2, 0.25) is 0 Å². The zero-order valence-electron chi connectivity index (χ0n) is 30.9. The lowest BCUT2D eigenvalue weighted by Gasteiger charge is -2.17. The summed E-state index contributed by atoms with van der Waals surface area (Å²) in [5, 5.41) is 0. The third-order valence-electron chi connectivity index (χ3n) is 10.3. The molecule has 0 aromatic heterocycles. The molecule has 259 valence electrons. The van der Waals surface area contributed by atoms with Crippen LogP contribution in [0.5, 0.6) is 0 Å². The molecule has 1 radical (unpaired) electrons. The Morgan fingerprint density at radius 1 is 0.256 bits per heavy atom. The molecule has 0 bridgehead atoms. The van der Waals surface area contributed by atoms with Crippen molar-refractivity contribution in [3.63, 3.8) is 0 Å². The lowest BCUT2D eigenvalue weighted by atomic mass is 9.89. The van der Waals surface area contributed by atoms with Gasteiger partial charge in [0.15, 0.2) is 0 Å². The summed E-state index contributed by atoms with van der Waals surface area (Å²) in [5.41, 5.74) is 0. The van der Waals surface area contributed by atoms with Crippen LogP contribution in [0.25, 0.3) is 0 Å². The van der Waals surface area contributed by atoms with Crippen LogP contribution in [0.2, 0.25) is 0 Å². The van der Waals surface area contributed by atoms with E-state index in [9.17, 15) is 0 Å². The number of hydrogen-bond donors (Lipinski definition) is 0. The summed E-state index contributed by atoms with van der Waals surface area (Å²) in [6.45, 7) is 8.70. The van der Waals surface area contributed by atoms with Crippen molar-refractivity contribution < 1.29 is 0 Å². The Morgan fingerprint density at radius 2 is 0.442 bits per heavy atom. The van der Waals surface area contributed by atoms with Crippen molar-refractivity contribution in [2.45, 2.75) is 264 Å². The Morgan fingerprint density at radius 3 is 0.651 bits per heavy atom. The molecule has 0 fully saturated rings. The predicted molar refractivity (Wildman–Crippen MR) is 200 cm³/mol. The van der Waals surface area contributed by atoms with Gasteiger partial charge in [0, 0.05) is 0 Å². The van der Waals surface area contributed by atoms with Gasteiger partial charge in [-0.1, -0.05) is 271 Å². The van der Waals surface area contributed by atoms with Crippen LogP contribution >= 0.6 is 0 Å².